The van der Waals surface area contributed by atoms with Crippen molar-refractivity contribution in [2.24, 2.45) is 17.6 Å². The molecule has 5 atom stereocenters. The lowest BCUT2D eigenvalue weighted by atomic mass is 9.93. The number of Topliss-reactive ketones (excluding diaryl/α,β-unsaturated/α-hetero) is 1. The molecule has 0 fully saturated rings. The van der Waals surface area contributed by atoms with E-state index >= 15 is 0 Å². The van der Waals surface area contributed by atoms with Gasteiger partial charge in [0.15, 0.2) is 5.78 Å². The van der Waals surface area contributed by atoms with Gasteiger partial charge in [-0.2, -0.15) is 0 Å². The standard InChI is InChI=1S/C41H54N6O5/c1-26(2)19-34(37(48)18-17-30-15-10-14-29-13-8-9-16-32(29)30)45-39(50)23-38(49)35(20-27(3)4)46-41(52)36(22-31-24-43-25-44-31)47-40(51)33(42)21-28-11-6-5-7-12-28/h5-16,24-27,33-36,38,49H,17-23,42H2,1-4H3,(H,43,44)(H,45,50)(H,46,52)(H,47,51)/t33-,34-,35-,36-,38-/m0/s1. The number of carbonyl (C=O) groups excluding carboxylic acids is 4. The normalized spacial score (nSPS) is 14.4. The minimum absolute atomic E-state index is 0.0623. The molecule has 0 saturated carbocycles. The summed E-state index contributed by atoms with van der Waals surface area (Å²) in [5.41, 5.74) is 8.82. The molecule has 7 N–H and O–H groups in total. The van der Waals surface area contributed by atoms with Gasteiger partial charge in [-0.05, 0) is 59.4 Å². The second-order valence-electron chi connectivity index (χ2n) is 14.5. The summed E-state index contributed by atoms with van der Waals surface area (Å²) in [4.78, 5) is 60.8. The zero-order valence-corrected chi connectivity index (χ0v) is 30.7. The van der Waals surface area contributed by atoms with E-state index in [1.165, 1.54) is 6.33 Å². The molecule has 0 radical (unpaired) electrons. The molecule has 0 aliphatic rings. The van der Waals surface area contributed by atoms with Crippen LogP contribution in [0.3, 0.4) is 0 Å². The number of aliphatic hydroxyl groups excluding tert-OH is 1. The Kier molecular flexibility index (Phi) is 15.1. The van der Waals surface area contributed by atoms with Crippen LogP contribution in [0.1, 0.15) is 70.2 Å². The highest BCUT2D eigenvalue weighted by molar-refractivity contribution is 5.91. The van der Waals surface area contributed by atoms with Crippen LogP contribution in [0.5, 0.6) is 0 Å². The van der Waals surface area contributed by atoms with Crippen LogP contribution in [-0.4, -0.2) is 68.9 Å². The van der Waals surface area contributed by atoms with E-state index in [0.29, 0.717) is 31.4 Å². The Balaban J connectivity index is 1.40. The maximum absolute atomic E-state index is 13.8. The van der Waals surface area contributed by atoms with Crippen LogP contribution in [0, 0.1) is 11.8 Å². The molecule has 52 heavy (non-hydrogen) atoms. The Morgan fingerprint density at radius 2 is 1.48 bits per heavy atom. The maximum Gasteiger partial charge on any atom is 0.243 e. The zero-order valence-electron chi connectivity index (χ0n) is 30.7. The van der Waals surface area contributed by atoms with Crippen molar-refractivity contribution in [3.8, 4) is 0 Å². The summed E-state index contributed by atoms with van der Waals surface area (Å²) in [6.45, 7) is 7.89. The number of aryl methyl sites for hydroxylation is 1. The highest BCUT2D eigenvalue weighted by Crippen LogP contribution is 2.21. The topological polar surface area (TPSA) is 179 Å². The smallest absolute Gasteiger partial charge is 0.243 e. The lowest BCUT2D eigenvalue weighted by Crippen LogP contribution is -2.56. The number of imidazole rings is 1. The number of hydrogen-bond donors (Lipinski definition) is 6. The molecule has 0 saturated heterocycles. The molecule has 0 spiro atoms. The number of aliphatic hydroxyl groups is 1. The van der Waals surface area contributed by atoms with Crippen LogP contribution in [0.15, 0.2) is 85.3 Å². The molecule has 4 rings (SSSR count). The minimum atomic E-state index is -1.25. The summed E-state index contributed by atoms with van der Waals surface area (Å²) in [6, 6.07) is 20.0. The van der Waals surface area contributed by atoms with E-state index in [2.05, 4.69) is 25.9 Å². The first-order valence-electron chi connectivity index (χ1n) is 18.2. The Bertz CT molecular complexity index is 1740. The van der Waals surface area contributed by atoms with Gasteiger partial charge in [0.2, 0.25) is 17.7 Å². The van der Waals surface area contributed by atoms with Gasteiger partial charge in [0.1, 0.15) is 6.04 Å². The van der Waals surface area contributed by atoms with Crippen molar-refractivity contribution in [3.05, 3.63) is 102 Å². The molecule has 11 nitrogen and oxygen atoms in total. The molecule has 0 bridgehead atoms. The largest absolute Gasteiger partial charge is 0.390 e. The molecule has 4 aromatic rings. The third kappa shape index (κ3) is 12.4. The van der Waals surface area contributed by atoms with Crippen molar-refractivity contribution in [3.63, 3.8) is 0 Å². The number of ketones is 1. The van der Waals surface area contributed by atoms with Crippen LogP contribution in [0.25, 0.3) is 10.8 Å². The number of carbonyl (C=O) groups is 4. The van der Waals surface area contributed by atoms with E-state index in [0.717, 1.165) is 21.9 Å². The van der Waals surface area contributed by atoms with Crippen LogP contribution in [-0.2, 0) is 38.4 Å². The molecular weight excluding hydrogens is 656 g/mol. The van der Waals surface area contributed by atoms with Gasteiger partial charge in [-0.3, -0.25) is 19.2 Å². The van der Waals surface area contributed by atoms with Crippen molar-refractivity contribution in [2.45, 2.75) is 103 Å². The number of hydrogen-bond acceptors (Lipinski definition) is 7. The number of H-pyrrole nitrogens is 1. The molecule has 0 aliphatic carbocycles. The molecule has 11 heteroatoms. The number of amides is 3. The quantitative estimate of drug-likeness (QED) is 0.0797. The molecule has 1 heterocycles. The lowest BCUT2D eigenvalue weighted by molar-refractivity contribution is -0.131. The van der Waals surface area contributed by atoms with Gasteiger partial charge in [0, 0.05) is 24.7 Å². The SMILES string of the molecule is CC(C)C[C@H](NC(=O)C[C@H](O)[C@H](CC(C)C)NC(=O)[C@H](Cc1cnc[nH]1)NC(=O)[C@@H](N)Cc1ccccc1)C(=O)CCc1cccc2ccccc12. The first-order chi connectivity index (χ1) is 24.9. The Morgan fingerprint density at radius 3 is 2.17 bits per heavy atom. The number of aromatic amines is 1. The highest BCUT2D eigenvalue weighted by Gasteiger charge is 2.31. The number of rotatable bonds is 20. The van der Waals surface area contributed by atoms with Crippen molar-refractivity contribution in [2.75, 3.05) is 0 Å². The van der Waals surface area contributed by atoms with Gasteiger partial charge >= 0.3 is 0 Å². The summed E-state index contributed by atoms with van der Waals surface area (Å²) < 4.78 is 0. The first-order valence-corrected chi connectivity index (χ1v) is 18.2. The number of nitrogens with two attached hydrogens (primary N) is 1. The molecule has 3 amide bonds. The fraction of sp³-hybridized carbons (Fsp3) is 0.439. The Hall–Kier alpha value is -4.87. The molecule has 0 unspecified atom stereocenters. The average molecular weight is 711 g/mol. The number of fused-ring (bicyclic) bond motifs is 1. The summed E-state index contributed by atoms with van der Waals surface area (Å²) in [5.74, 6) is -1.36. The maximum atomic E-state index is 13.8. The molecule has 3 aromatic carbocycles. The fourth-order valence-electron chi connectivity index (χ4n) is 6.44. The molecule has 278 valence electrons. The van der Waals surface area contributed by atoms with E-state index in [1.54, 1.807) is 6.20 Å². The van der Waals surface area contributed by atoms with E-state index in [4.69, 9.17) is 5.73 Å². The lowest BCUT2D eigenvalue weighted by Gasteiger charge is -2.29. The van der Waals surface area contributed by atoms with Crippen molar-refractivity contribution < 1.29 is 24.3 Å². The second kappa shape index (κ2) is 19.7. The van der Waals surface area contributed by atoms with Crippen LogP contribution >= 0.6 is 0 Å². The van der Waals surface area contributed by atoms with Crippen molar-refractivity contribution >= 4 is 34.3 Å². The zero-order chi connectivity index (χ0) is 37.6. The summed E-state index contributed by atoms with van der Waals surface area (Å²) in [6.07, 6.45) is 3.53. The second-order valence-corrected chi connectivity index (χ2v) is 14.5. The fourth-order valence-corrected chi connectivity index (χ4v) is 6.44. The van der Waals surface area contributed by atoms with E-state index < -0.39 is 48.0 Å². The predicted molar refractivity (Wildman–Crippen MR) is 203 cm³/mol. The van der Waals surface area contributed by atoms with Gasteiger partial charge in [0.25, 0.3) is 0 Å². The Labute approximate surface area is 306 Å². The first kappa shape index (κ1) is 39.9. The van der Waals surface area contributed by atoms with Gasteiger partial charge in [-0.1, -0.05) is 100 Å². The van der Waals surface area contributed by atoms with Crippen LogP contribution < -0.4 is 21.7 Å². The number of nitrogens with one attached hydrogen (secondary N) is 4. The van der Waals surface area contributed by atoms with Gasteiger partial charge < -0.3 is 31.8 Å². The van der Waals surface area contributed by atoms with Gasteiger partial charge in [0.05, 0.1) is 37.0 Å². The number of benzene rings is 3. The molecule has 0 aliphatic heterocycles. The van der Waals surface area contributed by atoms with Crippen molar-refractivity contribution in [1.29, 1.82) is 0 Å². The predicted octanol–water partition coefficient (Wildman–Crippen LogP) is 4.17. The van der Waals surface area contributed by atoms with Gasteiger partial charge in [-0.25, -0.2) is 4.98 Å². The minimum Gasteiger partial charge on any atom is -0.390 e. The number of nitrogens with zero attached hydrogens (tertiary/aromatic N) is 1. The third-order valence-corrected chi connectivity index (χ3v) is 9.11. The van der Waals surface area contributed by atoms with Crippen molar-refractivity contribution in [1.82, 2.24) is 25.9 Å². The summed E-state index contributed by atoms with van der Waals surface area (Å²) in [7, 11) is 0. The van der Waals surface area contributed by atoms with Crippen LogP contribution in [0.2, 0.25) is 0 Å². The van der Waals surface area contributed by atoms with E-state index in [-0.39, 0.29) is 36.9 Å². The summed E-state index contributed by atoms with van der Waals surface area (Å²) >= 11 is 0. The van der Waals surface area contributed by atoms with Gasteiger partial charge in [-0.15, -0.1) is 0 Å². The molecular formula is C41H54N6O5. The van der Waals surface area contributed by atoms with E-state index in [9.17, 15) is 24.3 Å². The van der Waals surface area contributed by atoms with Crippen LogP contribution in [0.4, 0.5) is 0 Å². The third-order valence-electron chi connectivity index (χ3n) is 9.11. The Morgan fingerprint density at radius 1 is 0.788 bits per heavy atom. The highest BCUT2D eigenvalue weighted by atomic mass is 16.3. The monoisotopic (exact) mass is 710 g/mol. The summed E-state index contributed by atoms with van der Waals surface area (Å²) in [5, 5.41) is 22.1. The average Bonchev–Trinajstić information content (AvgIpc) is 3.63. The molecule has 1 aromatic heterocycles. The van der Waals surface area contributed by atoms with E-state index in [1.807, 2.05) is 100 Å². The number of aromatic nitrogens is 2.